The van der Waals surface area contributed by atoms with Crippen molar-refractivity contribution in [2.24, 2.45) is 0 Å². The smallest absolute Gasteiger partial charge is 0.119 e. The lowest BCUT2D eigenvalue weighted by atomic mass is 10.2. The number of hydrogen-bond acceptors (Lipinski definition) is 3. The van der Waals surface area contributed by atoms with Crippen LogP contribution in [-0.2, 0) is 0 Å². The Morgan fingerprint density at radius 3 is 1.75 bits per heavy atom. The lowest BCUT2D eigenvalue weighted by molar-refractivity contribution is 0.415. The Balaban J connectivity index is 0.000000956. The monoisotopic (exact) mass is 268 g/mol. The first-order valence-corrected chi connectivity index (χ1v) is 6.62. The second-order valence-electron chi connectivity index (χ2n) is 3.92. The second kappa shape index (κ2) is 7.85. The number of methoxy groups -OCH3 is 1. The molecule has 0 spiro atoms. The third-order valence-electron chi connectivity index (χ3n) is 2.84. The quantitative estimate of drug-likeness (QED) is 0.829. The van der Waals surface area contributed by atoms with Crippen LogP contribution >= 0.6 is 0 Å². The van der Waals surface area contributed by atoms with E-state index in [0.29, 0.717) is 5.56 Å². The van der Waals surface area contributed by atoms with Gasteiger partial charge in [-0.15, -0.1) is 0 Å². The van der Waals surface area contributed by atoms with Gasteiger partial charge in [-0.3, -0.25) is 0 Å². The fourth-order valence-electron chi connectivity index (χ4n) is 1.71. The average molecular weight is 268 g/mol. The van der Waals surface area contributed by atoms with Crippen LogP contribution in [0.4, 0.5) is 11.4 Å². The first-order chi connectivity index (χ1) is 9.74. The van der Waals surface area contributed by atoms with Gasteiger partial charge < -0.3 is 9.64 Å². The van der Waals surface area contributed by atoms with E-state index in [1.165, 1.54) is 0 Å². The van der Waals surface area contributed by atoms with Gasteiger partial charge >= 0.3 is 0 Å². The molecule has 0 aliphatic rings. The Labute approximate surface area is 121 Å². The zero-order chi connectivity index (χ0) is 15.0. The molecule has 20 heavy (non-hydrogen) atoms. The molecule has 0 heterocycles. The van der Waals surface area contributed by atoms with E-state index < -0.39 is 0 Å². The summed E-state index contributed by atoms with van der Waals surface area (Å²) in [5.74, 6) is 0.840. The van der Waals surface area contributed by atoms with Gasteiger partial charge in [0.2, 0.25) is 0 Å². The van der Waals surface area contributed by atoms with Crippen LogP contribution in [0.1, 0.15) is 19.4 Å². The lowest BCUT2D eigenvalue weighted by Gasteiger charge is -2.19. The van der Waals surface area contributed by atoms with Crippen molar-refractivity contribution in [2.75, 3.05) is 19.1 Å². The average Bonchev–Trinajstić information content (AvgIpc) is 2.56. The predicted octanol–water partition coefficient (Wildman–Crippen LogP) is 4.36. The molecule has 0 fully saturated rings. The Morgan fingerprint density at radius 2 is 1.35 bits per heavy atom. The van der Waals surface area contributed by atoms with Gasteiger partial charge in [0.05, 0.1) is 18.7 Å². The molecule has 3 nitrogen and oxygen atoms in total. The number of rotatable bonds is 3. The number of nitriles is 1. The van der Waals surface area contributed by atoms with Crippen molar-refractivity contribution >= 4 is 11.4 Å². The predicted molar refractivity (Wildman–Crippen MR) is 83.6 cm³/mol. The molecule has 0 aliphatic heterocycles. The highest BCUT2D eigenvalue weighted by molar-refractivity contribution is 5.63. The maximum Gasteiger partial charge on any atom is 0.119 e. The summed E-state index contributed by atoms with van der Waals surface area (Å²) in [4.78, 5) is 2.06. The maximum atomic E-state index is 8.76. The van der Waals surface area contributed by atoms with E-state index in [4.69, 9.17) is 10.00 Å². The highest BCUT2D eigenvalue weighted by Gasteiger charge is 2.03. The SMILES string of the molecule is CC.COc1ccc(N(C)c2ccc(C#N)cc2)cc1. The van der Waals surface area contributed by atoms with E-state index in [1.807, 2.05) is 69.4 Å². The third-order valence-corrected chi connectivity index (χ3v) is 2.84. The Kier molecular flexibility index (Phi) is 6.12. The van der Waals surface area contributed by atoms with Gasteiger partial charge in [0.15, 0.2) is 0 Å². The molecule has 0 saturated heterocycles. The van der Waals surface area contributed by atoms with Crippen molar-refractivity contribution in [3.8, 4) is 11.8 Å². The van der Waals surface area contributed by atoms with E-state index in [2.05, 4.69) is 11.0 Å². The van der Waals surface area contributed by atoms with Crippen LogP contribution < -0.4 is 9.64 Å². The van der Waals surface area contributed by atoms with E-state index in [1.54, 1.807) is 7.11 Å². The van der Waals surface area contributed by atoms with Gasteiger partial charge in [0.1, 0.15) is 5.75 Å². The Bertz CT molecular complexity index is 553. The number of nitrogens with zero attached hydrogens (tertiary/aromatic N) is 2. The fourth-order valence-corrected chi connectivity index (χ4v) is 1.71. The van der Waals surface area contributed by atoms with Gasteiger partial charge in [0.25, 0.3) is 0 Å². The standard InChI is InChI=1S/C15H14N2O.C2H6/c1-17(13-5-3-12(11-16)4-6-13)14-7-9-15(18-2)10-8-14;1-2/h3-10H,1-2H3;1-2H3. The minimum absolute atomic E-state index is 0.668. The molecule has 3 heteroatoms. The van der Waals surface area contributed by atoms with Crippen LogP contribution in [0.5, 0.6) is 5.75 Å². The first-order valence-electron chi connectivity index (χ1n) is 6.62. The van der Waals surface area contributed by atoms with E-state index in [-0.39, 0.29) is 0 Å². The van der Waals surface area contributed by atoms with Crippen LogP contribution in [0, 0.1) is 11.3 Å². The highest BCUT2D eigenvalue weighted by Crippen LogP contribution is 2.25. The van der Waals surface area contributed by atoms with E-state index in [0.717, 1.165) is 17.1 Å². The van der Waals surface area contributed by atoms with Crippen LogP contribution in [0.3, 0.4) is 0 Å². The summed E-state index contributed by atoms with van der Waals surface area (Å²) >= 11 is 0. The summed E-state index contributed by atoms with van der Waals surface area (Å²) in [6, 6.07) is 17.5. The van der Waals surface area contributed by atoms with Crippen LogP contribution in [0.15, 0.2) is 48.5 Å². The zero-order valence-corrected chi connectivity index (χ0v) is 12.4. The molecule has 0 bridgehead atoms. The van der Waals surface area contributed by atoms with Crippen molar-refractivity contribution in [2.45, 2.75) is 13.8 Å². The van der Waals surface area contributed by atoms with Gasteiger partial charge in [-0.25, -0.2) is 0 Å². The number of hydrogen-bond donors (Lipinski definition) is 0. The molecule has 104 valence electrons. The Morgan fingerprint density at radius 1 is 0.900 bits per heavy atom. The summed E-state index contributed by atoms with van der Waals surface area (Å²) in [6.45, 7) is 4.00. The molecule has 2 rings (SSSR count). The minimum atomic E-state index is 0.668. The van der Waals surface area contributed by atoms with E-state index in [9.17, 15) is 0 Å². The van der Waals surface area contributed by atoms with Crippen molar-refractivity contribution in [3.05, 3.63) is 54.1 Å². The van der Waals surface area contributed by atoms with E-state index >= 15 is 0 Å². The van der Waals surface area contributed by atoms with Crippen molar-refractivity contribution in [1.82, 2.24) is 0 Å². The molecule has 2 aromatic carbocycles. The third kappa shape index (κ3) is 3.76. The molecule has 0 aromatic heterocycles. The maximum absolute atomic E-state index is 8.76. The molecular weight excluding hydrogens is 248 g/mol. The summed E-state index contributed by atoms with van der Waals surface area (Å²) in [5.41, 5.74) is 2.78. The summed E-state index contributed by atoms with van der Waals surface area (Å²) in [6.07, 6.45) is 0. The zero-order valence-electron chi connectivity index (χ0n) is 12.4. The summed E-state index contributed by atoms with van der Waals surface area (Å²) < 4.78 is 5.13. The topological polar surface area (TPSA) is 36.3 Å². The molecule has 0 amide bonds. The number of benzene rings is 2. The van der Waals surface area contributed by atoms with Gasteiger partial charge in [0, 0.05) is 18.4 Å². The first kappa shape index (κ1) is 15.6. The number of ether oxygens (including phenoxy) is 1. The second-order valence-corrected chi connectivity index (χ2v) is 3.92. The minimum Gasteiger partial charge on any atom is -0.497 e. The van der Waals surface area contributed by atoms with Crippen molar-refractivity contribution in [1.29, 1.82) is 5.26 Å². The highest BCUT2D eigenvalue weighted by atomic mass is 16.5. The lowest BCUT2D eigenvalue weighted by Crippen LogP contribution is -2.08. The van der Waals surface area contributed by atoms with Crippen LogP contribution in [-0.4, -0.2) is 14.2 Å². The molecule has 2 aromatic rings. The van der Waals surface area contributed by atoms with Crippen molar-refractivity contribution < 1.29 is 4.74 Å². The molecule has 0 saturated carbocycles. The van der Waals surface area contributed by atoms with Gasteiger partial charge in [-0.05, 0) is 48.5 Å². The molecular formula is C17H20N2O. The van der Waals surface area contributed by atoms with Crippen LogP contribution in [0.25, 0.3) is 0 Å². The number of anilines is 2. The largest absolute Gasteiger partial charge is 0.497 e. The molecule has 0 unspecified atom stereocenters. The molecule has 0 atom stereocenters. The van der Waals surface area contributed by atoms with Crippen molar-refractivity contribution in [3.63, 3.8) is 0 Å². The van der Waals surface area contributed by atoms with Gasteiger partial charge in [-0.2, -0.15) is 5.26 Å². The molecule has 0 radical (unpaired) electrons. The van der Waals surface area contributed by atoms with Gasteiger partial charge in [-0.1, -0.05) is 13.8 Å². The summed E-state index contributed by atoms with van der Waals surface area (Å²) in [5, 5.41) is 8.76. The van der Waals surface area contributed by atoms with Crippen LogP contribution in [0.2, 0.25) is 0 Å². The Hall–Kier alpha value is -2.47. The fraction of sp³-hybridized carbons (Fsp3) is 0.235. The molecule has 0 aliphatic carbocycles. The summed E-state index contributed by atoms with van der Waals surface area (Å²) in [7, 11) is 3.64. The molecule has 0 N–H and O–H groups in total. The normalized spacial score (nSPS) is 8.95.